The first-order valence-corrected chi connectivity index (χ1v) is 9.47. The molecule has 4 heteroatoms. The molecular formula is C19H24ClN3. The lowest BCUT2D eigenvalue weighted by molar-refractivity contribution is 0.289. The standard InChI is InChI=1S/C19H24ClN3/c20-18-8-15(9-19(21-18)23-11-16-7-17(16)12-23)14-3-5-22(6-4-14)10-13-1-2-13/h3,8-9,13,16-17H,1-2,4-7,10-12H2. The van der Waals surface area contributed by atoms with Gasteiger partial charge in [0.2, 0.25) is 0 Å². The molecule has 5 rings (SSSR count). The van der Waals surface area contributed by atoms with Gasteiger partial charge < -0.3 is 4.90 Å². The molecule has 0 N–H and O–H groups in total. The zero-order chi connectivity index (χ0) is 15.4. The third kappa shape index (κ3) is 3.01. The molecular weight excluding hydrogens is 306 g/mol. The van der Waals surface area contributed by atoms with Gasteiger partial charge in [-0.3, -0.25) is 4.90 Å². The van der Waals surface area contributed by atoms with Crippen molar-refractivity contribution in [3.8, 4) is 0 Å². The number of rotatable bonds is 4. The van der Waals surface area contributed by atoms with E-state index in [0.717, 1.165) is 36.5 Å². The maximum Gasteiger partial charge on any atom is 0.132 e. The van der Waals surface area contributed by atoms with E-state index in [2.05, 4.69) is 26.9 Å². The van der Waals surface area contributed by atoms with Crippen molar-refractivity contribution in [3.05, 3.63) is 28.9 Å². The van der Waals surface area contributed by atoms with Gasteiger partial charge in [-0.15, -0.1) is 0 Å². The number of nitrogens with zero attached hydrogens (tertiary/aromatic N) is 3. The highest BCUT2D eigenvalue weighted by molar-refractivity contribution is 6.29. The Hall–Kier alpha value is -1.06. The Morgan fingerprint density at radius 1 is 1.17 bits per heavy atom. The molecule has 122 valence electrons. The summed E-state index contributed by atoms with van der Waals surface area (Å²) in [4.78, 5) is 9.61. The van der Waals surface area contributed by atoms with Crippen LogP contribution < -0.4 is 4.90 Å². The number of pyridine rings is 1. The molecule has 23 heavy (non-hydrogen) atoms. The van der Waals surface area contributed by atoms with Crippen LogP contribution >= 0.6 is 11.6 Å². The van der Waals surface area contributed by atoms with Crippen LogP contribution in [0.2, 0.25) is 5.15 Å². The lowest BCUT2D eigenvalue weighted by Gasteiger charge is -2.27. The fourth-order valence-corrected chi connectivity index (χ4v) is 4.42. The minimum Gasteiger partial charge on any atom is -0.356 e. The maximum atomic E-state index is 6.33. The van der Waals surface area contributed by atoms with Crippen LogP contribution in [-0.4, -0.2) is 42.6 Å². The number of hydrogen-bond acceptors (Lipinski definition) is 3. The average Bonchev–Trinajstić information content (AvgIpc) is 3.48. The molecule has 1 aromatic rings. The fourth-order valence-electron chi connectivity index (χ4n) is 4.22. The Kier molecular flexibility index (Phi) is 3.41. The van der Waals surface area contributed by atoms with E-state index in [0.29, 0.717) is 5.15 Å². The van der Waals surface area contributed by atoms with Crippen molar-refractivity contribution in [3.63, 3.8) is 0 Å². The van der Waals surface area contributed by atoms with Crippen LogP contribution in [-0.2, 0) is 0 Å². The molecule has 3 nitrogen and oxygen atoms in total. The minimum absolute atomic E-state index is 0.638. The van der Waals surface area contributed by atoms with E-state index in [1.54, 1.807) is 0 Å². The van der Waals surface area contributed by atoms with Crippen molar-refractivity contribution in [1.29, 1.82) is 0 Å². The molecule has 0 amide bonds. The van der Waals surface area contributed by atoms with Gasteiger partial charge in [0.05, 0.1) is 0 Å². The van der Waals surface area contributed by atoms with Gasteiger partial charge in [-0.25, -0.2) is 4.98 Å². The van der Waals surface area contributed by atoms with Crippen LogP contribution in [0, 0.1) is 17.8 Å². The highest BCUT2D eigenvalue weighted by atomic mass is 35.5. The lowest BCUT2D eigenvalue weighted by Crippen LogP contribution is -2.30. The molecule has 2 atom stereocenters. The zero-order valence-corrected chi connectivity index (χ0v) is 14.3. The normalized spacial score (nSPS) is 30.3. The Labute approximate surface area is 143 Å². The molecule has 3 heterocycles. The summed E-state index contributed by atoms with van der Waals surface area (Å²) in [7, 11) is 0. The first kappa shape index (κ1) is 14.3. The van der Waals surface area contributed by atoms with Gasteiger partial charge >= 0.3 is 0 Å². The van der Waals surface area contributed by atoms with Crippen LogP contribution in [0.4, 0.5) is 5.82 Å². The summed E-state index contributed by atoms with van der Waals surface area (Å²) in [6.45, 7) is 5.92. The van der Waals surface area contributed by atoms with Crippen LogP contribution in [0.25, 0.3) is 5.57 Å². The number of anilines is 1. The fraction of sp³-hybridized carbons (Fsp3) is 0.632. The SMILES string of the molecule is Clc1cc(C2=CCN(CC3CC3)CC2)cc(N2CC3CC3C2)n1. The molecule has 2 unspecified atom stereocenters. The Balaban J connectivity index is 1.33. The van der Waals surface area contributed by atoms with Crippen molar-refractivity contribution >= 4 is 23.0 Å². The van der Waals surface area contributed by atoms with Crippen molar-refractivity contribution in [2.45, 2.75) is 25.7 Å². The molecule has 3 fully saturated rings. The second-order valence-electron chi connectivity index (χ2n) is 7.88. The predicted octanol–water partition coefficient (Wildman–Crippen LogP) is 3.69. The van der Waals surface area contributed by atoms with Gasteiger partial charge in [0, 0.05) is 32.7 Å². The number of aromatic nitrogens is 1. The summed E-state index contributed by atoms with van der Waals surface area (Å²) in [6, 6.07) is 4.31. The molecule has 0 bridgehead atoms. The van der Waals surface area contributed by atoms with Gasteiger partial charge in [-0.1, -0.05) is 17.7 Å². The molecule has 2 aliphatic carbocycles. The second-order valence-corrected chi connectivity index (χ2v) is 8.27. The third-order valence-electron chi connectivity index (χ3n) is 5.96. The van der Waals surface area contributed by atoms with Gasteiger partial charge in [-0.2, -0.15) is 0 Å². The van der Waals surface area contributed by atoms with E-state index < -0.39 is 0 Å². The van der Waals surface area contributed by atoms with Gasteiger partial charge in [-0.05, 0) is 66.7 Å². The largest absolute Gasteiger partial charge is 0.356 e. The third-order valence-corrected chi connectivity index (χ3v) is 6.15. The molecule has 0 aromatic carbocycles. The van der Waals surface area contributed by atoms with Crippen molar-refractivity contribution < 1.29 is 0 Å². The molecule has 0 spiro atoms. The van der Waals surface area contributed by atoms with E-state index in [-0.39, 0.29) is 0 Å². The lowest BCUT2D eigenvalue weighted by atomic mass is 10.00. The molecule has 2 saturated carbocycles. The summed E-state index contributed by atoms with van der Waals surface area (Å²) in [5.41, 5.74) is 2.73. The second kappa shape index (κ2) is 5.49. The molecule has 0 radical (unpaired) electrons. The topological polar surface area (TPSA) is 19.4 Å². The van der Waals surface area contributed by atoms with E-state index in [1.807, 2.05) is 6.07 Å². The minimum atomic E-state index is 0.638. The molecule has 1 aromatic heterocycles. The van der Waals surface area contributed by atoms with E-state index in [9.17, 15) is 0 Å². The number of fused-ring (bicyclic) bond motifs is 1. The smallest absolute Gasteiger partial charge is 0.132 e. The highest BCUT2D eigenvalue weighted by Gasteiger charge is 2.45. The highest BCUT2D eigenvalue weighted by Crippen LogP contribution is 2.46. The first-order chi connectivity index (χ1) is 11.2. The summed E-state index contributed by atoms with van der Waals surface area (Å²) in [5, 5.41) is 0.638. The van der Waals surface area contributed by atoms with Crippen molar-refractivity contribution in [1.82, 2.24) is 9.88 Å². The van der Waals surface area contributed by atoms with Gasteiger partial charge in [0.25, 0.3) is 0 Å². The predicted molar refractivity (Wildman–Crippen MR) is 94.8 cm³/mol. The Morgan fingerprint density at radius 3 is 2.70 bits per heavy atom. The summed E-state index contributed by atoms with van der Waals surface area (Å²) in [6.07, 6.45) is 7.84. The summed E-state index contributed by atoms with van der Waals surface area (Å²) in [5.74, 6) is 3.91. The van der Waals surface area contributed by atoms with Gasteiger partial charge in [0.1, 0.15) is 11.0 Å². The number of piperidine rings is 1. The van der Waals surface area contributed by atoms with E-state index in [4.69, 9.17) is 11.6 Å². The number of hydrogen-bond donors (Lipinski definition) is 0. The van der Waals surface area contributed by atoms with Gasteiger partial charge in [0.15, 0.2) is 0 Å². The maximum absolute atomic E-state index is 6.33. The first-order valence-electron chi connectivity index (χ1n) is 9.09. The van der Waals surface area contributed by atoms with E-state index >= 15 is 0 Å². The van der Waals surface area contributed by atoms with Crippen LogP contribution in [0.1, 0.15) is 31.2 Å². The van der Waals surface area contributed by atoms with E-state index in [1.165, 1.54) is 56.6 Å². The summed E-state index contributed by atoms with van der Waals surface area (Å²) >= 11 is 6.33. The van der Waals surface area contributed by atoms with Crippen molar-refractivity contribution in [2.75, 3.05) is 37.6 Å². The van der Waals surface area contributed by atoms with Crippen LogP contribution in [0.15, 0.2) is 18.2 Å². The summed E-state index contributed by atoms with van der Waals surface area (Å²) < 4.78 is 0. The average molecular weight is 330 g/mol. The Morgan fingerprint density at radius 2 is 2.00 bits per heavy atom. The van der Waals surface area contributed by atoms with Crippen LogP contribution in [0.3, 0.4) is 0 Å². The zero-order valence-electron chi connectivity index (χ0n) is 13.5. The molecule has 1 saturated heterocycles. The van der Waals surface area contributed by atoms with Crippen molar-refractivity contribution in [2.24, 2.45) is 17.8 Å². The molecule has 2 aliphatic heterocycles. The monoisotopic (exact) mass is 329 g/mol. The molecule has 4 aliphatic rings. The number of halogens is 1. The van der Waals surface area contributed by atoms with Crippen LogP contribution in [0.5, 0.6) is 0 Å². The quantitative estimate of drug-likeness (QED) is 0.785. The Bertz CT molecular complexity index is 642.